The van der Waals surface area contributed by atoms with Gasteiger partial charge in [0.15, 0.2) is 4.90 Å². The Kier molecular flexibility index (Phi) is 4.92. The van der Waals surface area contributed by atoms with Crippen LogP contribution < -0.4 is 15.0 Å². The van der Waals surface area contributed by atoms with Gasteiger partial charge in [0.2, 0.25) is 0 Å². The van der Waals surface area contributed by atoms with E-state index in [9.17, 15) is 22.0 Å². The van der Waals surface area contributed by atoms with Crippen molar-refractivity contribution in [2.24, 2.45) is 0 Å². The predicted octanol–water partition coefficient (Wildman–Crippen LogP) is 1.60. The number of amides is 1. The third-order valence-electron chi connectivity index (χ3n) is 2.84. The highest BCUT2D eigenvalue weighted by atomic mass is 32.2. The van der Waals surface area contributed by atoms with Crippen LogP contribution in [0.5, 0.6) is 5.75 Å². The fraction of sp³-hybridized carbons (Fsp3) is 0.0714. The molecule has 0 aliphatic rings. The minimum Gasteiger partial charge on any atom is -0.497 e. The van der Waals surface area contributed by atoms with E-state index in [1.165, 1.54) is 31.4 Å². The number of nitrogens with one attached hydrogen (secondary N) is 2. The van der Waals surface area contributed by atoms with Gasteiger partial charge in [-0.2, -0.15) is 0 Å². The Balaban J connectivity index is 2.14. The first-order chi connectivity index (χ1) is 10.8. The van der Waals surface area contributed by atoms with Crippen molar-refractivity contribution in [1.29, 1.82) is 0 Å². The van der Waals surface area contributed by atoms with E-state index in [-0.39, 0.29) is 5.56 Å². The quantitative estimate of drug-likeness (QED) is 0.809. The summed E-state index contributed by atoms with van der Waals surface area (Å²) >= 11 is 0. The minimum atomic E-state index is -4.59. The lowest BCUT2D eigenvalue weighted by Gasteiger charge is -2.10. The Morgan fingerprint density at radius 3 is 2.13 bits per heavy atom. The average Bonchev–Trinajstić information content (AvgIpc) is 2.52. The number of ether oxygens (including phenoxy) is 1. The van der Waals surface area contributed by atoms with Crippen molar-refractivity contribution in [1.82, 2.24) is 10.3 Å². The van der Waals surface area contributed by atoms with Crippen molar-refractivity contribution in [3.63, 3.8) is 0 Å². The Labute approximate surface area is 131 Å². The molecule has 0 unspecified atom stereocenters. The molecule has 122 valence electrons. The van der Waals surface area contributed by atoms with E-state index in [1.54, 1.807) is 4.83 Å². The van der Waals surface area contributed by atoms with Gasteiger partial charge in [-0.3, -0.25) is 10.2 Å². The highest BCUT2D eigenvalue weighted by Crippen LogP contribution is 2.17. The van der Waals surface area contributed by atoms with Gasteiger partial charge in [-0.05, 0) is 36.4 Å². The van der Waals surface area contributed by atoms with Crippen LogP contribution in [-0.2, 0) is 10.0 Å². The summed E-state index contributed by atoms with van der Waals surface area (Å²) in [4.78, 5) is 12.3. The molecule has 0 aliphatic carbocycles. The van der Waals surface area contributed by atoms with Crippen molar-refractivity contribution >= 4 is 15.9 Å². The molecule has 0 saturated carbocycles. The lowest BCUT2D eigenvalue weighted by atomic mass is 10.2. The molecular formula is C14H12F2N2O4S. The van der Waals surface area contributed by atoms with Gasteiger partial charge in [-0.25, -0.2) is 17.2 Å². The molecule has 0 aromatic heterocycles. The Bertz CT molecular complexity index is 803. The lowest BCUT2D eigenvalue weighted by molar-refractivity contribution is 0.0945. The van der Waals surface area contributed by atoms with Gasteiger partial charge >= 0.3 is 0 Å². The number of sulfonamides is 1. The zero-order valence-corrected chi connectivity index (χ0v) is 12.7. The van der Waals surface area contributed by atoms with Gasteiger partial charge in [0.05, 0.1) is 7.11 Å². The zero-order valence-electron chi connectivity index (χ0n) is 11.8. The molecule has 0 aliphatic heterocycles. The van der Waals surface area contributed by atoms with Crippen LogP contribution in [0.4, 0.5) is 8.78 Å². The highest BCUT2D eigenvalue weighted by molar-refractivity contribution is 7.89. The minimum absolute atomic E-state index is 0.127. The van der Waals surface area contributed by atoms with E-state index in [1.807, 2.05) is 5.43 Å². The molecule has 0 fully saturated rings. The Hall–Kier alpha value is -2.52. The maximum atomic E-state index is 13.5. The third kappa shape index (κ3) is 3.82. The molecule has 0 saturated heterocycles. The summed E-state index contributed by atoms with van der Waals surface area (Å²) in [6, 6.07) is 8.41. The summed E-state index contributed by atoms with van der Waals surface area (Å²) in [6.07, 6.45) is 0. The number of carbonyl (C=O) groups excluding carboxylic acids is 1. The number of halogens is 2. The van der Waals surface area contributed by atoms with E-state index >= 15 is 0 Å². The number of hydrogen-bond acceptors (Lipinski definition) is 4. The SMILES string of the molecule is COc1ccc(C(=O)NNS(=O)(=O)c2c(F)cccc2F)cc1. The van der Waals surface area contributed by atoms with Crippen LogP contribution in [0.15, 0.2) is 47.4 Å². The van der Waals surface area contributed by atoms with Crippen LogP contribution in [0, 0.1) is 11.6 Å². The molecule has 0 bridgehead atoms. The van der Waals surface area contributed by atoms with Crippen LogP contribution in [0.1, 0.15) is 10.4 Å². The number of hydrogen-bond donors (Lipinski definition) is 2. The van der Waals surface area contributed by atoms with Gasteiger partial charge in [-0.15, -0.1) is 4.83 Å². The fourth-order valence-corrected chi connectivity index (χ4v) is 2.70. The largest absolute Gasteiger partial charge is 0.497 e. The molecule has 0 atom stereocenters. The van der Waals surface area contributed by atoms with E-state index in [4.69, 9.17) is 4.74 Å². The van der Waals surface area contributed by atoms with E-state index in [2.05, 4.69) is 0 Å². The van der Waals surface area contributed by atoms with Crippen molar-refractivity contribution in [2.45, 2.75) is 4.90 Å². The Morgan fingerprint density at radius 2 is 1.61 bits per heavy atom. The number of rotatable bonds is 5. The second kappa shape index (κ2) is 6.71. The maximum Gasteiger partial charge on any atom is 0.266 e. The zero-order chi connectivity index (χ0) is 17.0. The number of benzene rings is 2. The number of hydrazine groups is 1. The van der Waals surface area contributed by atoms with Crippen LogP contribution in [-0.4, -0.2) is 21.4 Å². The first-order valence-electron chi connectivity index (χ1n) is 6.25. The summed E-state index contributed by atoms with van der Waals surface area (Å²) in [5, 5.41) is 0. The molecule has 0 spiro atoms. The molecule has 0 heterocycles. The molecule has 9 heteroatoms. The van der Waals surface area contributed by atoms with E-state index < -0.39 is 32.5 Å². The molecule has 2 N–H and O–H groups in total. The van der Waals surface area contributed by atoms with Gasteiger partial charge in [-0.1, -0.05) is 6.07 Å². The number of carbonyl (C=O) groups is 1. The predicted molar refractivity (Wildman–Crippen MR) is 77.1 cm³/mol. The summed E-state index contributed by atoms with van der Waals surface area (Å²) in [6.45, 7) is 0. The molecular weight excluding hydrogens is 330 g/mol. The van der Waals surface area contributed by atoms with Crippen molar-refractivity contribution in [3.8, 4) is 5.75 Å². The standard InChI is InChI=1S/C14H12F2N2O4S/c1-22-10-7-5-9(6-8-10)14(19)17-18-23(20,21)13-11(15)3-2-4-12(13)16/h2-8,18H,1H3,(H,17,19). The van der Waals surface area contributed by atoms with E-state index in [0.29, 0.717) is 5.75 Å². The number of methoxy groups -OCH3 is 1. The molecule has 2 aromatic rings. The monoisotopic (exact) mass is 342 g/mol. The Morgan fingerprint density at radius 1 is 1.04 bits per heavy atom. The lowest BCUT2D eigenvalue weighted by Crippen LogP contribution is -2.42. The summed E-state index contributed by atoms with van der Waals surface area (Å²) in [7, 11) is -3.14. The van der Waals surface area contributed by atoms with Crippen LogP contribution in [0.2, 0.25) is 0 Å². The molecule has 6 nitrogen and oxygen atoms in total. The molecule has 1 amide bonds. The second-order valence-electron chi connectivity index (χ2n) is 4.34. The van der Waals surface area contributed by atoms with Crippen molar-refractivity contribution < 1.29 is 26.7 Å². The fourth-order valence-electron chi connectivity index (χ4n) is 1.72. The summed E-state index contributed by atoms with van der Waals surface area (Å²) in [5.41, 5.74) is 2.01. The topological polar surface area (TPSA) is 84.5 Å². The van der Waals surface area contributed by atoms with Gasteiger partial charge in [0, 0.05) is 5.56 Å². The smallest absolute Gasteiger partial charge is 0.266 e. The van der Waals surface area contributed by atoms with Crippen molar-refractivity contribution in [3.05, 3.63) is 59.7 Å². The van der Waals surface area contributed by atoms with Gasteiger partial charge < -0.3 is 4.74 Å². The molecule has 2 aromatic carbocycles. The summed E-state index contributed by atoms with van der Waals surface area (Å²) in [5.74, 6) is -2.82. The normalized spacial score (nSPS) is 11.1. The van der Waals surface area contributed by atoms with Gasteiger partial charge in [0.1, 0.15) is 17.4 Å². The summed E-state index contributed by atoms with van der Waals surface area (Å²) < 4.78 is 55.7. The first-order valence-corrected chi connectivity index (χ1v) is 7.73. The average molecular weight is 342 g/mol. The molecule has 23 heavy (non-hydrogen) atoms. The third-order valence-corrected chi connectivity index (χ3v) is 4.14. The second-order valence-corrected chi connectivity index (χ2v) is 5.96. The van der Waals surface area contributed by atoms with Crippen LogP contribution in [0.3, 0.4) is 0 Å². The molecule has 0 radical (unpaired) electrons. The maximum absolute atomic E-state index is 13.5. The van der Waals surface area contributed by atoms with Crippen LogP contribution in [0.25, 0.3) is 0 Å². The van der Waals surface area contributed by atoms with E-state index in [0.717, 1.165) is 18.2 Å². The first kappa shape index (κ1) is 16.8. The van der Waals surface area contributed by atoms with Crippen molar-refractivity contribution in [2.75, 3.05) is 7.11 Å². The van der Waals surface area contributed by atoms with Crippen LogP contribution >= 0.6 is 0 Å². The molecule has 2 rings (SSSR count). The van der Waals surface area contributed by atoms with Gasteiger partial charge in [0.25, 0.3) is 15.9 Å². The highest BCUT2D eigenvalue weighted by Gasteiger charge is 2.24.